The molecule has 0 bridgehead atoms. The first-order valence-electron chi connectivity index (χ1n) is 13.5. The van der Waals surface area contributed by atoms with Crippen LogP contribution in [0.5, 0.6) is 5.75 Å². The molecule has 0 aromatic heterocycles. The maximum atomic E-state index is 14.1. The van der Waals surface area contributed by atoms with Gasteiger partial charge in [0.15, 0.2) is 0 Å². The predicted molar refractivity (Wildman–Crippen MR) is 163 cm³/mol. The van der Waals surface area contributed by atoms with Crippen molar-refractivity contribution < 1.29 is 22.7 Å². The number of hydrogen-bond donors (Lipinski definition) is 1. The van der Waals surface area contributed by atoms with E-state index in [1.807, 2.05) is 39.8 Å². The van der Waals surface area contributed by atoms with Crippen LogP contribution in [0.2, 0.25) is 5.02 Å². The number of carbonyl (C=O) groups is 2. The number of benzene rings is 3. The van der Waals surface area contributed by atoms with Gasteiger partial charge in [0.05, 0.1) is 17.7 Å². The number of hydrogen-bond acceptors (Lipinski definition) is 5. The van der Waals surface area contributed by atoms with Gasteiger partial charge in [-0.3, -0.25) is 13.9 Å². The van der Waals surface area contributed by atoms with Crippen molar-refractivity contribution in [2.24, 2.45) is 5.92 Å². The van der Waals surface area contributed by atoms with Gasteiger partial charge in [-0.1, -0.05) is 68.8 Å². The van der Waals surface area contributed by atoms with E-state index in [0.29, 0.717) is 23.7 Å². The molecule has 8 nitrogen and oxygen atoms in total. The highest BCUT2D eigenvalue weighted by atomic mass is 35.5. The van der Waals surface area contributed by atoms with Crippen LogP contribution in [-0.4, -0.2) is 51.4 Å². The Labute approximate surface area is 248 Å². The van der Waals surface area contributed by atoms with Crippen molar-refractivity contribution in [2.75, 3.05) is 24.5 Å². The Morgan fingerprint density at radius 2 is 1.66 bits per heavy atom. The summed E-state index contributed by atoms with van der Waals surface area (Å²) in [6.45, 7) is 7.64. The van der Waals surface area contributed by atoms with E-state index < -0.39 is 28.5 Å². The molecule has 3 aromatic rings. The molecule has 0 saturated carbocycles. The van der Waals surface area contributed by atoms with Crippen LogP contribution in [0, 0.1) is 12.8 Å². The highest BCUT2D eigenvalue weighted by Crippen LogP contribution is 2.29. The van der Waals surface area contributed by atoms with Crippen LogP contribution in [0.4, 0.5) is 5.69 Å². The van der Waals surface area contributed by atoms with Crippen molar-refractivity contribution in [1.82, 2.24) is 10.2 Å². The Morgan fingerprint density at radius 1 is 1.00 bits per heavy atom. The molecule has 3 rings (SSSR count). The Hall–Kier alpha value is -3.56. The third-order valence-corrected chi connectivity index (χ3v) is 8.83. The molecule has 0 aliphatic rings. The average molecular weight is 600 g/mol. The monoisotopic (exact) mass is 599 g/mol. The molecule has 3 aromatic carbocycles. The number of nitrogens with one attached hydrogen (secondary N) is 1. The Balaban J connectivity index is 2.05. The molecule has 0 radical (unpaired) electrons. The summed E-state index contributed by atoms with van der Waals surface area (Å²) in [5.74, 6) is 0.0622. The van der Waals surface area contributed by atoms with Gasteiger partial charge in [0.25, 0.3) is 10.0 Å². The summed E-state index contributed by atoms with van der Waals surface area (Å²) in [6, 6.07) is 19.1. The standard InChI is InChI=1S/C31H38ClN3O5S/c1-6-29(31(37)33-19-22(2)3)34(20-24-13-16-26(40-5)17-14-24)30(36)21-35(25-15-12-23(4)28(32)18-25)41(38,39)27-10-8-7-9-11-27/h7-18,22,29H,6,19-21H2,1-5H3,(H,33,37)/t29-/m1/s1. The van der Waals surface area contributed by atoms with E-state index in [0.717, 1.165) is 15.4 Å². The van der Waals surface area contributed by atoms with E-state index in [1.165, 1.54) is 23.1 Å². The molecule has 0 unspecified atom stereocenters. The molecule has 1 N–H and O–H groups in total. The van der Waals surface area contributed by atoms with Crippen LogP contribution in [0.25, 0.3) is 0 Å². The fourth-order valence-electron chi connectivity index (χ4n) is 4.25. The second kappa shape index (κ2) is 14.4. The normalized spacial score (nSPS) is 12.1. The summed E-state index contributed by atoms with van der Waals surface area (Å²) in [6.07, 6.45) is 0.341. The molecule has 10 heteroatoms. The maximum absolute atomic E-state index is 14.1. The van der Waals surface area contributed by atoms with E-state index in [9.17, 15) is 18.0 Å². The van der Waals surface area contributed by atoms with Gasteiger partial charge in [0.2, 0.25) is 11.8 Å². The number of carbonyl (C=O) groups excluding carboxylic acids is 2. The lowest BCUT2D eigenvalue weighted by Gasteiger charge is -2.33. The van der Waals surface area contributed by atoms with Crippen molar-refractivity contribution in [3.8, 4) is 5.75 Å². The molecule has 0 fully saturated rings. The maximum Gasteiger partial charge on any atom is 0.264 e. The van der Waals surface area contributed by atoms with Gasteiger partial charge < -0.3 is 15.0 Å². The van der Waals surface area contributed by atoms with Crippen LogP contribution >= 0.6 is 11.6 Å². The molecule has 220 valence electrons. The Morgan fingerprint density at radius 3 is 2.22 bits per heavy atom. The van der Waals surface area contributed by atoms with Crippen LogP contribution in [0.1, 0.15) is 38.3 Å². The van der Waals surface area contributed by atoms with Gasteiger partial charge in [-0.2, -0.15) is 0 Å². The molecular weight excluding hydrogens is 562 g/mol. The largest absolute Gasteiger partial charge is 0.497 e. The second-order valence-electron chi connectivity index (χ2n) is 10.2. The number of halogens is 1. The molecule has 0 spiro atoms. The fraction of sp³-hybridized carbons (Fsp3) is 0.355. The number of aryl methyl sites for hydroxylation is 1. The fourth-order valence-corrected chi connectivity index (χ4v) is 5.86. The quantitative estimate of drug-likeness (QED) is 0.283. The van der Waals surface area contributed by atoms with E-state index in [1.54, 1.807) is 49.6 Å². The van der Waals surface area contributed by atoms with Gasteiger partial charge >= 0.3 is 0 Å². The number of nitrogens with zero attached hydrogens (tertiary/aromatic N) is 2. The zero-order chi connectivity index (χ0) is 30.2. The molecule has 2 amide bonds. The third-order valence-electron chi connectivity index (χ3n) is 6.64. The smallest absolute Gasteiger partial charge is 0.264 e. The molecule has 41 heavy (non-hydrogen) atoms. The summed E-state index contributed by atoms with van der Waals surface area (Å²) >= 11 is 6.38. The highest BCUT2D eigenvalue weighted by molar-refractivity contribution is 7.92. The minimum absolute atomic E-state index is 0.0351. The number of sulfonamides is 1. The molecule has 0 aliphatic carbocycles. The number of methoxy groups -OCH3 is 1. The first kappa shape index (κ1) is 32.0. The van der Waals surface area contributed by atoms with Crippen LogP contribution in [0.15, 0.2) is 77.7 Å². The van der Waals surface area contributed by atoms with Crippen LogP contribution < -0.4 is 14.4 Å². The third kappa shape index (κ3) is 8.24. The van der Waals surface area contributed by atoms with Crippen molar-refractivity contribution >= 4 is 39.1 Å². The molecule has 0 heterocycles. The Kier molecular flexibility index (Phi) is 11.2. The van der Waals surface area contributed by atoms with Crippen LogP contribution in [-0.2, 0) is 26.2 Å². The lowest BCUT2D eigenvalue weighted by atomic mass is 10.1. The molecule has 0 saturated heterocycles. The van der Waals surface area contributed by atoms with Crippen molar-refractivity contribution in [3.63, 3.8) is 0 Å². The summed E-state index contributed by atoms with van der Waals surface area (Å²) in [7, 11) is -2.59. The zero-order valence-electron chi connectivity index (χ0n) is 24.1. The molecule has 0 aliphatic heterocycles. The SMILES string of the molecule is CC[C@H](C(=O)NCC(C)C)N(Cc1ccc(OC)cc1)C(=O)CN(c1ccc(C)c(Cl)c1)S(=O)(=O)c1ccccc1. The summed E-state index contributed by atoms with van der Waals surface area (Å²) < 4.78 is 34.1. The summed E-state index contributed by atoms with van der Waals surface area (Å²) in [5, 5.41) is 3.30. The van der Waals surface area contributed by atoms with E-state index >= 15 is 0 Å². The first-order valence-corrected chi connectivity index (χ1v) is 15.3. The lowest BCUT2D eigenvalue weighted by Crippen LogP contribution is -2.52. The predicted octanol–water partition coefficient (Wildman–Crippen LogP) is 5.43. The van der Waals surface area contributed by atoms with Gasteiger partial charge in [-0.05, 0) is 66.8 Å². The number of amides is 2. The van der Waals surface area contributed by atoms with E-state index in [4.69, 9.17) is 16.3 Å². The van der Waals surface area contributed by atoms with Crippen LogP contribution in [0.3, 0.4) is 0 Å². The number of rotatable bonds is 13. The summed E-state index contributed by atoms with van der Waals surface area (Å²) in [4.78, 5) is 28.9. The highest BCUT2D eigenvalue weighted by Gasteiger charge is 2.33. The van der Waals surface area contributed by atoms with E-state index in [2.05, 4.69) is 5.32 Å². The van der Waals surface area contributed by atoms with Gasteiger partial charge in [-0.15, -0.1) is 0 Å². The van der Waals surface area contributed by atoms with Gasteiger partial charge in [0.1, 0.15) is 18.3 Å². The topological polar surface area (TPSA) is 96.0 Å². The van der Waals surface area contributed by atoms with E-state index in [-0.39, 0.29) is 29.0 Å². The average Bonchev–Trinajstić information content (AvgIpc) is 2.96. The number of anilines is 1. The van der Waals surface area contributed by atoms with Crippen molar-refractivity contribution in [3.05, 3.63) is 88.9 Å². The van der Waals surface area contributed by atoms with Gasteiger partial charge in [0, 0.05) is 18.1 Å². The Bertz CT molecular complexity index is 1430. The molecular formula is C31H38ClN3O5S. The first-order chi connectivity index (χ1) is 19.5. The second-order valence-corrected chi connectivity index (χ2v) is 12.5. The van der Waals surface area contributed by atoms with Crippen molar-refractivity contribution in [2.45, 2.75) is 51.6 Å². The minimum atomic E-state index is -4.16. The minimum Gasteiger partial charge on any atom is -0.497 e. The van der Waals surface area contributed by atoms with Gasteiger partial charge in [-0.25, -0.2) is 8.42 Å². The number of ether oxygens (including phenoxy) is 1. The lowest BCUT2D eigenvalue weighted by molar-refractivity contribution is -0.140. The summed E-state index contributed by atoms with van der Waals surface area (Å²) in [5.41, 5.74) is 1.79. The van der Waals surface area contributed by atoms with Crippen molar-refractivity contribution in [1.29, 1.82) is 0 Å². The molecule has 1 atom stereocenters. The zero-order valence-corrected chi connectivity index (χ0v) is 25.7.